The zero-order chi connectivity index (χ0) is 15.6. The van der Waals surface area contributed by atoms with Gasteiger partial charge in [0.25, 0.3) is 0 Å². The topological polar surface area (TPSA) is 41.9 Å². The lowest BCUT2D eigenvalue weighted by molar-refractivity contribution is -0.0472. The van der Waals surface area contributed by atoms with Crippen LogP contribution in [0.5, 0.6) is 11.5 Å². The molecule has 6 heteroatoms. The Bertz CT molecular complexity index is 528. The van der Waals surface area contributed by atoms with Crippen molar-refractivity contribution in [1.82, 2.24) is 4.90 Å². The Labute approximate surface area is 139 Å². The van der Waals surface area contributed by atoms with Crippen molar-refractivity contribution < 1.29 is 14.6 Å². The first kappa shape index (κ1) is 16.5. The molecular weight excluding hydrogens is 354 g/mol. The summed E-state index contributed by atoms with van der Waals surface area (Å²) in [5.74, 6) is 0.547. The maximum atomic E-state index is 9.98. The fourth-order valence-electron chi connectivity index (χ4n) is 2.49. The molecule has 0 aromatic heterocycles. The van der Waals surface area contributed by atoms with Crippen LogP contribution in [-0.2, 0) is 4.74 Å². The van der Waals surface area contributed by atoms with E-state index in [0.29, 0.717) is 16.8 Å². The van der Waals surface area contributed by atoms with Gasteiger partial charge in [0.15, 0.2) is 11.5 Å². The van der Waals surface area contributed by atoms with E-state index in [1.165, 1.54) is 0 Å². The summed E-state index contributed by atoms with van der Waals surface area (Å²) in [5, 5.41) is 9.98. The number of nitrogens with zero attached hydrogens (tertiary/aromatic N) is 1. The summed E-state index contributed by atoms with van der Waals surface area (Å²) in [6, 6.07) is 3.61. The Morgan fingerprint density at radius 2 is 2.05 bits per heavy atom. The largest absolute Gasteiger partial charge is 0.503 e. The first-order chi connectivity index (χ1) is 9.92. The van der Waals surface area contributed by atoms with Gasteiger partial charge in [0.1, 0.15) is 4.99 Å². The third-order valence-electron chi connectivity index (χ3n) is 3.28. The van der Waals surface area contributed by atoms with Crippen LogP contribution in [0.25, 0.3) is 0 Å². The Balaban J connectivity index is 2.26. The number of phenols is 1. The van der Waals surface area contributed by atoms with Crippen molar-refractivity contribution in [3.05, 3.63) is 22.2 Å². The van der Waals surface area contributed by atoms with Gasteiger partial charge in [-0.2, -0.15) is 0 Å². The first-order valence-corrected chi connectivity index (χ1v) is 8.22. The molecule has 4 nitrogen and oxygen atoms in total. The molecule has 1 heterocycles. The maximum Gasteiger partial charge on any atom is 0.172 e. The molecule has 0 radical (unpaired) electrons. The van der Waals surface area contributed by atoms with Gasteiger partial charge in [-0.1, -0.05) is 12.2 Å². The summed E-state index contributed by atoms with van der Waals surface area (Å²) < 4.78 is 11.8. The second-order valence-electron chi connectivity index (χ2n) is 5.21. The SMILES string of the molecule is CCOc1cc(C(=S)N2C[C@@H](C)O[C@H](C)C2)cc(Br)c1O. The van der Waals surface area contributed by atoms with Crippen LogP contribution in [-0.4, -0.2) is 46.9 Å². The van der Waals surface area contributed by atoms with Crippen molar-refractivity contribution in [2.24, 2.45) is 0 Å². The van der Waals surface area contributed by atoms with Crippen LogP contribution >= 0.6 is 28.1 Å². The van der Waals surface area contributed by atoms with Crippen molar-refractivity contribution in [3.63, 3.8) is 0 Å². The number of halogens is 1. The molecule has 0 saturated carbocycles. The number of morpholine rings is 1. The number of thiocarbonyl (C=S) groups is 1. The van der Waals surface area contributed by atoms with Gasteiger partial charge in [-0.3, -0.25) is 0 Å². The van der Waals surface area contributed by atoms with E-state index in [2.05, 4.69) is 20.8 Å². The fraction of sp³-hybridized carbons (Fsp3) is 0.533. The van der Waals surface area contributed by atoms with E-state index in [1.807, 2.05) is 26.8 Å². The molecule has 0 amide bonds. The summed E-state index contributed by atoms with van der Waals surface area (Å²) in [7, 11) is 0. The van der Waals surface area contributed by atoms with Gasteiger partial charge >= 0.3 is 0 Å². The van der Waals surface area contributed by atoms with E-state index >= 15 is 0 Å². The average Bonchev–Trinajstić information content (AvgIpc) is 2.42. The van der Waals surface area contributed by atoms with Gasteiger partial charge < -0.3 is 19.5 Å². The van der Waals surface area contributed by atoms with Crippen molar-refractivity contribution in [2.45, 2.75) is 33.0 Å². The van der Waals surface area contributed by atoms with Gasteiger partial charge in [-0.05, 0) is 48.8 Å². The number of aromatic hydroxyl groups is 1. The van der Waals surface area contributed by atoms with E-state index in [-0.39, 0.29) is 18.0 Å². The average molecular weight is 374 g/mol. The molecule has 0 bridgehead atoms. The summed E-state index contributed by atoms with van der Waals surface area (Å²) in [6.07, 6.45) is 0.303. The van der Waals surface area contributed by atoms with E-state index in [9.17, 15) is 5.11 Å². The lowest BCUT2D eigenvalue weighted by Crippen LogP contribution is -2.47. The highest BCUT2D eigenvalue weighted by Crippen LogP contribution is 2.36. The molecule has 0 spiro atoms. The summed E-state index contributed by atoms with van der Waals surface area (Å²) >= 11 is 8.96. The van der Waals surface area contributed by atoms with E-state index < -0.39 is 0 Å². The molecular formula is C15H20BrNO3S. The van der Waals surface area contributed by atoms with E-state index in [4.69, 9.17) is 21.7 Å². The van der Waals surface area contributed by atoms with E-state index in [1.54, 1.807) is 6.07 Å². The van der Waals surface area contributed by atoms with Gasteiger partial charge in [-0.25, -0.2) is 0 Å². The van der Waals surface area contributed by atoms with E-state index in [0.717, 1.165) is 23.6 Å². The molecule has 116 valence electrons. The molecule has 1 aromatic rings. The van der Waals surface area contributed by atoms with Crippen LogP contribution in [0, 0.1) is 0 Å². The summed E-state index contributed by atoms with van der Waals surface area (Å²) in [5.41, 5.74) is 0.861. The van der Waals surface area contributed by atoms with Gasteiger partial charge in [0.05, 0.1) is 23.3 Å². The maximum absolute atomic E-state index is 9.98. The molecule has 21 heavy (non-hydrogen) atoms. The highest BCUT2D eigenvalue weighted by Gasteiger charge is 2.25. The molecule has 0 aliphatic carbocycles. The summed E-state index contributed by atoms with van der Waals surface area (Å²) in [6.45, 7) is 8.00. The highest BCUT2D eigenvalue weighted by molar-refractivity contribution is 9.10. The van der Waals surface area contributed by atoms with Crippen molar-refractivity contribution in [1.29, 1.82) is 0 Å². The van der Waals surface area contributed by atoms with Gasteiger partial charge in [0.2, 0.25) is 0 Å². The van der Waals surface area contributed by atoms with Gasteiger partial charge in [-0.15, -0.1) is 0 Å². The second kappa shape index (κ2) is 6.94. The smallest absolute Gasteiger partial charge is 0.172 e. The Morgan fingerprint density at radius 1 is 1.43 bits per heavy atom. The zero-order valence-corrected chi connectivity index (χ0v) is 14.8. The van der Waals surface area contributed by atoms with Crippen molar-refractivity contribution in [2.75, 3.05) is 19.7 Å². The third kappa shape index (κ3) is 3.87. The minimum absolute atomic E-state index is 0.104. The zero-order valence-electron chi connectivity index (χ0n) is 12.4. The highest BCUT2D eigenvalue weighted by atomic mass is 79.9. The number of hydrogen-bond donors (Lipinski definition) is 1. The lowest BCUT2D eigenvalue weighted by Gasteiger charge is -2.37. The molecule has 2 rings (SSSR count). The van der Waals surface area contributed by atoms with Crippen LogP contribution in [0.3, 0.4) is 0 Å². The number of benzene rings is 1. The van der Waals surface area contributed by atoms with Crippen LogP contribution in [0.15, 0.2) is 16.6 Å². The molecule has 1 N–H and O–H groups in total. The third-order valence-corrected chi connectivity index (χ3v) is 4.38. The molecule has 1 aliphatic heterocycles. The number of rotatable bonds is 3. The van der Waals surface area contributed by atoms with Crippen molar-refractivity contribution >= 4 is 33.1 Å². The molecule has 1 aromatic carbocycles. The van der Waals surface area contributed by atoms with Crippen LogP contribution in [0.2, 0.25) is 0 Å². The molecule has 1 saturated heterocycles. The minimum atomic E-state index is 0.104. The lowest BCUT2D eigenvalue weighted by atomic mass is 10.1. The first-order valence-electron chi connectivity index (χ1n) is 7.02. The van der Waals surface area contributed by atoms with Crippen molar-refractivity contribution in [3.8, 4) is 11.5 Å². The Hall–Kier alpha value is -0.850. The monoisotopic (exact) mass is 373 g/mol. The summed E-state index contributed by atoms with van der Waals surface area (Å²) in [4.78, 5) is 2.89. The molecule has 0 unspecified atom stereocenters. The minimum Gasteiger partial charge on any atom is -0.503 e. The van der Waals surface area contributed by atoms with Crippen LogP contribution in [0.4, 0.5) is 0 Å². The fourth-order valence-corrected chi connectivity index (χ4v) is 3.20. The standard InChI is InChI=1S/C15H20BrNO3S/c1-4-19-13-6-11(5-12(16)14(13)18)15(21)17-7-9(2)20-10(3)8-17/h5-6,9-10,18H,4,7-8H2,1-3H3/t9-,10-/m1/s1. The predicted molar refractivity (Wildman–Crippen MR) is 90.3 cm³/mol. The molecule has 1 aliphatic rings. The number of hydrogen-bond acceptors (Lipinski definition) is 4. The normalized spacial score (nSPS) is 22.2. The number of ether oxygens (including phenoxy) is 2. The predicted octanol–water partition coefficient (Wildman–Crippen LogP) is 3.34. The quantitative estimate of drug-likeness (QED) is 0.822. The second-order valence-corrected chi connectivity index (χ2v) is 6.45. The molecule has 1 fully saturated rings. The van der Waals surface area contributed by atoms with Crippen LogP contribution < -0.4 is 4.74 Å². The molecule has 2 atom stereocenters. The van der Waals surface area contributed by atoms with Crippen LogP contribution in [0.1, 0.15) is 26.3 Å². The number of phenolic OH excluding ortho intramolecular Hbond substituents is 1. The Morgan fingerprint density at radius 3 is 2.62 bits per heavy atom. The Kier molecular flexibility index (Phi) is 5.46. The van der Waals surface area contributed by atoms with Gasteiger partial charge in [0, 0.05) is 18.7 Å².